The van der Waals surface area contributed by atoms with Gasteiger partial charge in [0.15, 0.2) is 0 Å². The van der Waals surface area contributed by atoms with Crippen LogP contribution in [-0.2, 0) is 14.3 Å². The van der Waals surface area contributed by atoms with Crippen molar-refractivity contribution in [2.45, 2.75) is 379 Å². The van der Waals surface area contributed by atoms with Crippen molar-refractivity contribution in [2.75, 3.05) is 13.2 Å². The number of allylic oxidation sites excluding steroid dienone is 2. The Bertz CT molecular complexity index is 1060. The number of unbranched alkanes of at least 4 members (excludes halogenated alkanes) is 48. The van der Waals surface area contributed by atoms with Gasteiger partial charge in [-0.1, -0.05) is 315 Å². The number of aliphatic hydroxyl groups excluding tert-OH is 2. The van der Waals surface area contributed by atoms with Crippen molar-refractivity contribution in [3.8, 4) is 0 Å². The summed E-state index contributed by atoms with van der Waals surface area (Å²) in [4.78, 5) is 24.5. The highest BCUT2D eigenvalue weighted by Gasteiger charge is 2.20. The molecule has 0 bridgehead atoms. The van der Waals surface area contributed by atoms with Gasteiger partial charge in [-0.05, 0) is 51.4 Å². The van der Waals surface area contributed by atoms with Crippen LogP contribution in [0.5, 0.6) is 0 Å². The summed E-state index contributed by atoms with van der Waals surface area (Å²) in [5, 5.41) is 23.2. The fourth-order valence-corrected chi connectivity index (χ4v) is 10.3. The molecule has 3 N–H and O–H groups in total. The van der Waals surface area contributed by atoms with Crippen molar-refractivity contribution in [2.24, 2.45) is 0 Å². The molecule has 0 aliphatic rings. The van der Waals surface area contributed by atoms with E-state index in [0.717, 1.165) is 44.9 Å². The Morgan fingerprint density at radius 2 is 0.662 bits per heavy atom. The predicted octanol–water partition coefficient (Wildman–Crippen LogP) is 20.4. The van der Waals surface area contributed by atoms with E-state index in [1.165, 1.54) is 289 Å². The van der Waals surface area contributed by atoms with Crippen LogP contribution >= 0.6 is 0 Å². The number of nitrogens with one attached hydrogen (secondary N) is 1. The summed E-state index contributed by atoms with van der Waals surface area (Å²) in [5.74, 6) is -0.0177. The third-order valence-electron chi connectivity index (χ3n) is 15.3. The van der Waals surface area contributed by atoms with Crippen LogP contribution in [0.2, 0.25) is 0 Å². The van der Waals surface area contributed by atoms with Gasteiger partial charge in [0.1, 0.15) is 0 Å². The van der Waals surface area contributed by atoms with E-state index in [2.05, 4.69) is 31.3 Å². The van der Waals surface area contributed by atoms with Crippen LogP contribution in [0.1, 0.15) is 367 Å². The number of amides is 1. The first-order valence-corrected chi connectivity index (χ1v) is 32.4. The third-order valence-corrected chi connectivity index (χ3v) is 15.3. The summed E-state index contributed by atoms with van der Waals surface area (Å²) in [6.07, 6.45) is 73.9. The summed E-state index contributed by atoms with van der Waals surface area (Å²) in [6, 6.07) is -0.537. The molecule has 0 aromatic rings. The van der Waals surface area contributed by atoms with E-state index in [1.807, 2.05) is 0 Å². The molecule has 0 rings (SSSR count). The highest BCUT2D eigenvalue weighted by atomic mass is 16.5. The van der Waals surface area contributed by atoms with Crippen LogP contribution in [0.3, 0.4) is 0 Å². The van der Waals surface area contributed by atoms with E-state index in [1.54, 1.807) is 0 Å². The lowest BCUT2D eigenvalue weighted by Gasteiger charge is -2.22. The van der Waals surface area contributed by atoms with Gasteiger partial charge in [0.2, 0.25) is 5.91 Å². The summed E-state index contributed by atoms with van der Waals surface area (Å²) in [6.45, 7) is 4.96. The SMILES string of the molecule is CCCCCCCCC/C=C\CCCCCCCCCC(=O)OCCCCCCCCCCCCCCCCCCCCCCCCCCCCC(=O)NC(CO)C(O)CCCCCCCCCCCC. The molecule has 6 nitrogen and oxygen atoms in total. The van der Waals surface area contributed by atoms with Crippen LogP contribution in [0.4, 0.5) is 0 Å². The quantitative estimate of drug-likeness (QED) is 0.0320. The van der Waals surface area contributed by atoms with Crippen molar-refractivity contribution in [1.82, 2.24) is 5.32 Å². The summed E-state index contributed by atoms with van der Waals surface area (Å²) in [7, 11) is 0. The lowest BCUT2D eigenvalue weighted by atomic mass is 10.0. The van der Waals surface area contributed by atoms with Crippen molar-refractivity contribution < 1.29 is 24.5 Å². The highest BCUT2D eigenvalue weighted by Crippen LogP contribution is 2.18. The number of hydrogen-bond donors (Lipinski definition) is 3. The maximum Gasteiger partial charge on any atom is 0.305 e. The number of ether oxygens (including phenoxy) is 1. The minimum absolute atomic E-state index is 0.0150. The predicted molar refractivity (Wildman–Crippen MR) is 310 cm³/mol. The molecule has 71 heavy (non-hydrogen) atoms. The van der Waals surface area contributed by atoms with Gasteiger partial charge in [0.25, 0.3) is 0 Å². The Balaban J connectivity index is 3.31. The maximum absolute atomic E-state index is 12.4. The van der Waals surface area contributed by atoms with Crippen molar-refractivity contribution in [3.05, 3.63) is 12.2 Å². The summed E-state index contributed by atoms with van der Waals surface area (Å²) >= 11 is 0. The molecule has 2 unspecified atom stereocenters. The summed E-state index contributed by atoms with van der Waals surface area (Å²) in [5.41, 5.74) is 0. The molecule has 0 aliphatic carbocycles. The number of esters is 1. The van der Waals surface area contributed by atoms with Crippen LogP contribution in [0.25, 0.3) is 0 Å². The molecule has 0 spiro atoms. The van der Waals surface area contributed by atoms with E-state index in [0.29, 0.717) is 25.9 Å². The highest BCUT2D eigenvalue weighted by molar-refractivity contribution is 5.76. The first-order chi connectivity index (χ1) is 35.0. The zero-order valence-electron chi connectivity index (χ0n) is 48.2. The monoisotopic (exact) mass is 1000 g/mol. The summed E-state index contributed by atoms with van der Waals surface area (Å²) < 4.78 is 5.50. The topological polar surface area (TPSA) is 95.9 Å². The van der Waals surface area contributed by atoms with Crippen molar-refractivity contribution >= 4 is 11.9 Å². The molecule has 2 atom stereocenters. The lowest BCUT2D eigenvalue weighted by molar-refractivity contribution is -0.143. The smallest absolute Gasteiger partial charge is 0.305 e. The number of carbonyl (C=O) groups excluding carboxylic acids is 2. The minimum atomic E-state index is -0.660. The number of carbonyl (C=O) groups is 2. The molecule has 0 saturated heterocycles. The lowest BCUT2D eigenvalue weighted by Crippen LogP contribution is -2.45. The first kappa shape index (κ1) is 69.6. The largest absolute Gasteiger partial charge is 0.466 e. The second kappa shape index (κ2) is 61.1. The molecule has 0 aromatic heterocycles. The van der Waals surface area contributed by atoms with Gasteiger partial charge < -0.3 is 20.3 Å². The van der Waals surface area contributed by atoms with Crippen LogP contribution in [0.15, 0.2) is 12.2 Å². The third kappa shape index (κ3) is 57.7. The normalized spacial score (nSPS) is 12.6. The Morgan fingerprint density at radius 3 is 1.00 bits per heavy atom. The van der Waals surface area contributed by atoms with Crippen molar-refractivity contribution in [1.29, 1.82) is 0 Å². The van der Waals surface area contributed by atoms with Gasteiger partial charge >= 0.3 is 5.97 Å². The van der Waals surface area contributed by atoms with Gasteiger partial charge in [-0.3, -0.25) is 9.59 Å². The maximum atomic E-state index is 12.4. The first-order valence-electron chi connectivity index (χ1n) is 32.4. The Morgan fingerprint density at radius 1 is 0.380 bits per heavy atom. The standard InChI is InChI=1S/C65H127NO5/c1-3-5-7-9-11-13-15-16-17-18-30-33-36-39-43-47-51-55-59-65(70)71-60-56-52-48-44-40-37-34-31-28-26-24-22-20-19-21-23-25-27-29-32-35-38-42-46-50-54-58-64(69)66-62(61-67)63(68)57-53-49-45-41-14-12-10-8-6-4-2/h17-18,62-63,67-68H,3-16,19-61H2,1-2H3,(H,66,69)/b18-17-. The zero-order chi connectivity index (χ0) is 51.4. The van der Waals surface area contributed by atoms with Crippen LogP contribution < -0.4 is 5.32 Å². The fraction of sp³-hybridized carbons (Fsp3) is 0.938. The molecule has 0 saturated carbocycles. The molecule has 422 valence electrons. The van der Waals surface area contributed by atoms with E-state index in [9.17, 15) is 19.8 Å². The van der Waals surface area contributed by atoms with E-state index < -0.39 is 12.1 Å². The Hall–Kier alpha value is -1.40. The van der Waals surface area contributed by atoms with Gasteiger partial charge in [-0.25, -0.2) is 0 Å². The molecule has 0 radical (unpaired) electrons. The van der Waals surface area contributed by atoms with Gasteiger partial charge in [-0.15, -0.1) is 0 Å². The molecule has 0 fully saturated rings. The zero-order valence-corrected chi connectivity index (χ0v) is 48.2. The fourth-order valence-electron chi connectivity index (χ4n) is 10.3. The van der Waals surface area contributed by atoms with E-state index in [4.69, 9.17) is 4.74 Å². The molecule has 0 heterocycles. The van der Waals surface area contributed by atoms with Gasteiger partial charge in [-0.2, -0.15) is 0 Å². The second-order valence-electron chi connectivity index (χ2n) is 22.5. The number of rotatable bonds is 61. The van der Waals surface area contributed by atoms with E-state index in [-0.39, 0.29) is 18.5 Å². The Kier molecular flexibility index (Phi) is 59.9. The molecule has 6 heteroatoms. The molecular formula is C65H127NO5. The van der Waals surface area contributed by atoms with E-state index >= 15 is 0 Å². The molecular weight excluding hydrogens is 875 g/mol. The minimum Gasteiger partial charge on any atom is -0.466 e. The second-order valence-corrected chi connectivity index (χ2v) is 22.5. The van der Waals surface area contributed by atoms with Crippen LogP contribution in [-0.4, -0.2) is 47.4 Å². The number of hydrogen-bond acceptors (Lipinski definition) is 5. The molecule has 1 amide bonds. The van der Waals surface area contributed by atoms with Crippen molar-refractivity contribution in [3.63, 3.8) is 0 Å². The van der Waals surface area contributed by atoms with Gasteiger partial charge in [0, 0.05) is 12.8 Å². The molecule has 0 aromatic carbocycles. The molecule has 0 aliphatic heterocycles. The average molecular weight is 1000 g/mol. The number of aliphatic hydroxyl groups is 2. The van der Waals surface area contributed by atoms with Gasteiger partial charge in [0.05, 0.1) is 25.4 Å². The van der Waals surface area contributed by atoms with Crippen LogP contribution in [0, 0.1) is 0 Å². The Labute approximate surface area is 444 Å². The average Bonchev–Trinajstić information content (AvgIpc) is 3.37.